The molecule has 0 aliphatic carbocycles. The maximum absolute atomic E-state index is 13.2. The van der Waals surface area contributed by atoms with Gasteiger partial charge in [-0.2, -0.15) is 0 Å². The second-order valence-electron chi connectivity index (χ2n) is 8.71. The number of hydrogen-bond acceptors (Lipinski definition) is 4. The van der Waals surface area contributed by atoms with Gasteiger partial charge in [0.1, 0.15) is 5.60 Å². The molecule has 5 nitrogen and oxygen atoms in total. The minimum Gasteiger partial charge on any atom is -0.456 e. The van der Waals surface area contributed by atoms with Crippen molar-refractivity contribution in [3.63, 3.8) is 0 Å². The average Bonchev–Trinajstić information content (AvgIpc) is 2.74. The zero-order valence-electron chi connectivity index (χ0n) is 18.9. The van der Waals surface area contributed by atoms with Crippen molar-refractivity contribution in [1.29, 1.82) is 0 Å². The third kappa shape index (κ3) is 5.83. The largest absolute Gasteiger partial charge is 0.456 e. The van der Waals surface area contributed by atoms with E-state index in [4.69, 9.17) is 4.74 Å². The molecular formula is C27H29NO4. The fourth-order valence-corrected chi connectivity index (χ4v) is 3.36. The number of anilines is 1. The molecule has 0 fully saturated rings. The van der Waals surface area contributed by atoms with Crippen molar-refractivity contribution in [2.45, 2.75) is 39.7 Å². The first-order valence-electron chi connectivity index (χ1n) is 10.6. The van der Waals surface area contributed by atoms with E-state index in [-0.39, 0.29) is 18.1 Å². The summed E-state index contributed by atoms with van der Waals surface area (Å²) in [5.41, 5.74) is 4.03. The van der Waals surface area contributed by atoms with Crippen molar-refractivity contribution in [3.8, 4) is 11.1 Å². The molecule has 3 aromatic carbocycles. The van der Waals surface area contributed by atoms with E-state index in [0.717, 1.165) is 22.3 Å². The number of nitrogens with one attached hydrogen (secondary N) is 1. The highest BCUT2D eigenvalue weighted by molar-refractivity contribution is 6.09. The Hall–Kier alpha value is -3.44. The highest BCUT2D eigenvalue weighted by atomic mass is 16.6. The Morgan fingerprint density at radius 2 is 1.62 bits per heavy atom. The lowest BCUT2D eigenvalue weighted by atomic mass is 10.0. The van der Waals surface area contributed by atoms with E-state index in [1.807, 2.05) is 55.5 Å². The van der Waals surface area contributed by atoms with E-state index in [1.165, 1.54) is 0 Å². The van der Waals surface area contributed by atoms with Gasteiger partial charge in [-0.15, -0.1) is 0 Å². The lowest BCUT2D eigenvalue weighted by molar-refractivity contribution is 0.00708. The molecule has 0 heterocycles. The van der Waals surface area contributed by atoms with Crippen LogP contribution >= 0.6 is 0 Å². The van der Waals surface area contributed by atoms with Crippen LogP contribution in [0.3, 0.4) is 0 Å². The predicted molar refractivity (Wildman–Crippen MR) is 127 cm³/mol. The Morgan fingerprint density at radius 1 is 0.906 bits per heavy atom. The Labute approximate surface area is 189 Å². The molecule has 3 aromatic rings. The fraction of sp³-hybridized carbons (Fsp3) is 0.259. The van der Waals surface area contributed by atoms with Crippen LogP contribution in [0.2, 0.25) is 0 Å². The first-order chi connectivity index (χ1) is 15.2. The number of aliphatic hydroxyl groups excluding tert-OH is 1. The van der Waals surface area contributed by atoms with Crippen LogP contribution in [-0.4, -0.2) is 29.2 Å². The van der Waals surface area contributed by atoms with Crippen LogP contribution in [0.4, 0.5) is 5.69 Å². The van der Waals surface area contributed by atoms with E-state index in [9.17, 15) is 14.7 Å². The lowest BCUT2D eigenvalue weighted by Gasteiger charge is -2.21. The number of aliphatic hydroxyl groups is 1. The first-order valence-corrected chi connectivity index (χ1v) is 10.6. The minimum atomic E-state index is -0.661. The number of ether oxygens (including phenoxy) is 1. The molecule has 0 saturated carbocycles. The number of aryl methyl sites for hydroxylation is 1. The summed E-state index contributed by atoms with van der Waals surface area (Å²) in [7, 11) is 0. The van der Waals surface area contributed by atoms with Gasteiger partial charge in [0.25, 0.3) is 5.91 Å². The summed E-state index contributed by atoms with van der Waals surface area (Å²) in [6, 6.07) is 20.6. The Balaban J connectivity index is 2.01. The van der Waals surface area contributed by atoms with Crippen molar-refractivity contribution in [3.05, 3.63) is 89.0 Å². The quantitative estimate of drug-likeness (QED) is 0.512. The van der Waals surface area contributed by atoms with Crippen LogP contribution in [0.15, 0.2) is 66.7 Å². The van der Waals surface area contributed by atoms with Crippen molar-refractivity contribution in [1.82, 2.24) is 0 Å². The smallest absolute Gasteiger partial charge is 0.340 e. The average molecular weight is 432 g/mol. The summed E-state index contributed by atoms with van der Waals surface area (Å²) in [5, 5.41) is 12.1. The number of amides is 1. The van der Waals surface area contributed by atoms with E-state index in [1.54, 1.807) is 39.0 Å². The molecule has 0 spiro atoms. The summed E-state index contributed by atoms with van der Waals surface area (Å²) in [5.74, 6) is -0.824. The second-order valence-corrected chi connectivity index (χ2v) is 8.71. The van der Waals surface area contributed by atoms with Gasteiger partial charge in [0, 0.05) is 12.2 Å². The Bertz CT molecular complexity index is 1110. The topological polar surface area (TPSA) is 75.6 Å². The molecule has 5 heteroatoms. The number of rotatable bonds is 6. The first kappa shape index (κ1) is 23.2. The number of carbonyl (C=O) groups is 2. The van der Waals surface area contributed by atoms with Crippen molar-refractivity contribution >= 4 is 17.6 Å². The minimum absolute atomic E-state index is 0.00599. The third-order valence-electron chi connectivity index (χ3n) is 4.94. The number of carbonyl (C=O) groups excluding carboxylic acids is 2. The van der Waals surface area contributed by atoms with Gasteiger partial charge in [-0.25, -0.2) is 4.79 Å². The Morgan fingerprint density at radius 3 is 2.28 bits per heavy atom. The normalized spacial score (nSPS) is 11.2. The van der Waals surface area contributed by atoms with Gasteiger partial charge in [-0.05, 0) is 74.6 Å². The summed E-state index contributed by atoms with van der Waals surface area (Å²) < 4.78 is 5.55. The molecule has 2 N–H and O–H groups in total. The molecule has 32 heavy (non-hydrogen) atoms. The third-order valence-corrected chi connectivity index (χ3v) is 4.94. The van der Waals surface area contributed by atoms with Gasteiger partial charge >= 0.3 is 5.97 Å². The summed E-state index contributed by atoms with van der Waals surface area (Å²) in [6.45, 7) is 7.27. The second kappa shape index (κ2) is 9.79. The Kier molecular flexibility index (Phi) is 7.11. The van der Waals surface area contributed by atoms with Gasteiger partial charge in [0.05, 0.1) is 11.3 Å². The molecule has 0 unspecified atom stereocenters. The molecule has 0 aromatic heterocycles. The standard InChI is InChI=1S/C27H29NO4/c1-18-10-11-19(14-15-29)16-23(18)25(30)28-24-17-21(20-8-6-5-7-9-20)12-13-22(24)26(31)32-27(2,3)4/h5-13,16-17,29H,14-15H2,1-4H3,(H,28,30). The van der Waals surface area contributed by atoms with E-state index in [2.05, 4.69) is 5.32 Å². The fourth-order valence-electron chi connectivity index (χ4n) is 3.36. The molecule has 1 amide bonds. The van der Waals surface area contributed by atoms with Crippen molar-refractivity contribution in [2.75, 3.05) is 11.9 Å². The van der Waals surface area contributed by atoms with Crippen molar-refractivity contribution < 1.29 is 19.4 Å². The van der Waals surface area contributed by atoms with E-state index < -0.39 is 11.6 Å². The lowest BCUT2D eigenvalue weighted by Crippen LogP contribution is -2.25. The number of hydrogen-bond donors (Lipinski definition) is 2. The molecular weight excluding hydrogens is 402 g/mol. The monoisotopic (exact) mass is 431 g/mol. The SMILES string of the molecule is Cc1ccc(CCO)cc1C(=O)Nc1cc(-c2ccccc2)ccc1C(=O)OC(C)(C)C. The molecule has 166 valence electrons. The van der Waals surface area contributed by atoms with E-state index >= 15 is 0 Å². The van der Waals surface area contributed by atoms with Crippen LogP contribution < -0.4 is 5.32 Å². The van der Waals surface area contributed by atoms with Crippen LogP contribution in [0.1, 0.15) is 52.6 Å². The predicted octanol–water partition coefficient (Wildman–Crippen LogP) is 5.40. The van der Waals surface area contributed by atoms with Gasteiger partial charge < -0.3 is 15.2 Å². The molecule has 3 rings (SSSR count). The molecule has 0 aliphatic heterocycles. The van der Waals surface area contributed by atoms with Gasteiger partial charge in [0.15, 0.2) is 0 Å². The van der Waals surface area contributed by atoms with E-state index in [0.29, 0.717) is 17.7 Å². The highest BCUT2D eigenvalue weighted by Gasteiger charge is 2.22. The zero-order chi connectivity index (χ0) is 23.3. The van der Waals surface area contributed by atoms with Crippen LogP contribution in [0.25, 0.3) is 11.1 Å². The zero-order valence-corrected chi connectivity index (χ0v) is 18.9. The van der Waals surface area contributed by atoms with Crippen molar-refractivity contribution in [2.24, 2.45) is 0 Å². The molecule has 0 aliphatic rings. The number of benzene rings is 3. The summed E-state index contributed by atoms with van der Waals surface area (Å²) in [4.78, 5) is 26.0. The van der Waals surface area contributed by atoms with Crippen LogP contribution in [0, 0.1) is 6.92 Å². The van der Waals surface area contributed by atoms with Gasteiger partial charge in [0.2, 0.25) is 0 Å². The molecule has 0 saturated heterocycles. The van der Waals surface area contributed by atoms with Crippen LogP contribution in [-0.2, 0) is 11.2 Å². The van der Waals surface area contributed by atoms with Gasteiger partial charge in [-0.3, -0.25) is 4.79 Å². The van der Waals surface area contributed by atoms with Gasteiger partial charge in [-0.1, -0.05) is 48.5 Å². The number of esters is 1. The van der Waals surface area contributed by atoms with Crippen LogP contribution in [0.5, 0.6) is 0 Å². The highest BCUT2D eigenvalue weighted by Crippen LogP contribution is 2.28. The summed E-state index contributed by atoms with van der Waals surface area (Å²) >= 11 is 0. The molecule has 0 atom stereocenters. The maximum atomic E-state index is 13.2. The summed E-state index contributed by atoms with van der Waals surface area (Å²) in [6.07, 6.45) is 0.465. The molecule has 0 bridgehead atoms. The molecule has 0 radical (unpaired) electrons. The maximum Gasteiger partial charge on any atom is 0.340 e.